The van der Waals surface area contributed by atoms with Crippen LogP contribution in [-0.2, 0) is 6.42 Å². The number of ether oxygens (including phenoxy) is 1. The lowest BCUT2D eigenvalue weighted by molar-refractivity contribution is 0.187. The zero-order chi connectivity index (χ0) is 24.9. The highest BCUT2D eigenvalue weighted by molar-refractivity contribution is 7.99. The van der Waals surface area contributed by atoms with E-state index in [4.69, 9.17) is 32.0 Å². The van der Waals surface area contributed by atoms with Crippen molar-refractivity contribution >= 4 is 40.3 Å². The normalized spacial score (nSPS) is 18.6. The molecule has 4 aromatic rings. The van der Waals surface area contributed by atoms with E-state index < -0.39 is 0 Å². The van der Waals surface area contributed by atoms with E-state index in [-0.39, 0.29) is 11.5 Å². The summed E-state index contributed by atoms with van der Waals surface area (Å²) >= 11 is 7.91. The molecule has 1 atom stereocenters. The third kappa shape index (κ3) is 4.07. The molecular weight excluding hydrogens is 492 g/mol. The van der Waals surface area contributed by atoms with Gasteiger partial charge < -0.3 is 15.4 Å². The number of benzene rings is 1. The van der Waals surface area contributed by atoms with Gasteiger partial charge in [0.25, 0.3) is 0 Å². The number of nitrogens with zero attached hydrogens (tertiary/aromatic N) is 5. The Morgan fingerprint density at radius 2 is 1.94 bits per heavy atom. The zero-order valence-corrected chi connectivity index (χ0v) is 21.8. The molecule has 184 valence electrons. The molecule has 1 aliphatic heterocycles. The van der Waals surface area contributed by atoms with Gasteiger partial charge in [0.05, 0.1) is 24.0 Å². The second kappa shape index (κ2) is 9.18. The fourth-order valence-corrected chi connectivity index (χ4v) is 6.54. The molecule has 0 unspecified atom stereocenters. The number of pyridine rings is 2. The maximum atomic E-state index is 6.78. The topological polar surface area (TPSA) is 90.0 Å². The lowest BCUT2D eigenvalue weighted by atomic mass is 9.73. The van der Waals surface area contributed by atoms with Crippen LogP contribution in [0.25, 0.3) is 11.2 Å². The summed E-state index contributed by atoms with van der Waals surface area (Å²) in [6.45, 7) is 3.70. The molecule has 0 amide bonds. The number of rotatable bonds is 4. The van der Waals surface area contributed by atoms with Crippen molar-refractivity contribution in [2.45, 2.75) is 42.1 Å². The van der Waals surface area contributed by atoms with E-state index in [0.29, 0.717) is 10.7 Å². The molecule has 0 saturated carbocycles. The third-order valence-electron chi connectivity index (χ3n) is 7.58. The van der Waals surface area contributed by atoms with E-state index in [1.807, 2.05) is 37.4 Å². The van der Waals surface area contributed by atoms with Crippen LogP contribution in [0.3, 0.4) is 0 Å². The van der Waals surface area contributed by atoms with Crippen molar-refractivity contribution in [1.82, 2.24) is 19.9 Å². The minimum atomic E-state index is 0.0565. The summed E-state index contributed by atoms with van der Waals surface area (Å²) in [5, 5.41) is 1.47. The Hall–Kier alpha value is -2.94. The van der Waals surface area contributed by atoms with Crippen molar-refractivity contribution in [3.05, 3.63) is 70.6 Å². The van der Waals surface area contributed by atoms with Crippen LogP contribution in [0.2, 0.25) is 5.02 Å². The van der Waals surface area contributed by atoms with Gasteiger partial charge in [-0.2, -0.15) is 0 Å². The lowest BCUT2D eigenvalue weighted by Crippen LogP contribution is -2.44. The van der Waals surface area contributed by atoms with Crippen LogP contribution < -0.4 is 15.4 Å². The molecule has 2 N–H and O–H groups in total. The fourth-order valence-electron chi connectivity index (χ4n) is 5.46. The Balaban J connectivity index is 1.17. The molecule has 2 aliphatic rings. The van der Waals surface area contributed by atoms with Gasteiger partial charge >= 0.3 is 0 Å². The summed E-state index contributed by atoms with van der Waals surface area (Å²) in [5.74, 6) is 1.79. The van der Waals surface area contributed by atoms with Crippen LogP contribution in [0.15, 0.2) is 58.7 Å². The highest BCUT2D eigenvalue weighted by atomic mass is 35.5. The number of hydrogen-bond acceptors (Lipinski definition) is 8. The molecule has 3 aromatic heterocycles. The first-order chi connectivity index (χ1) is 17.5. The van der Waals surface area contributed by atoms with Gasteiger partial charge in [-0.1, -0.05) is 29.4 Å². The Bertz CT molecular complexity index is 1460. The van der Waals surface area contributed by atoms with Gasteiger partial charge in [-0.3, -0.25) is 4.98 Å². The van der Waals surface area contributed by atoms with E-state index in [1.54, 1.807) is 13.3 Å². The van der Waals surface area contributed by atoms with E-state index in [2.05, 4.69) is 27.0 Å². The molecule has 1 saturated heterocycles. The number of fused-ring (bicyclic) bond motifs is 2. The molecular formula is C27H27ClN6OS. The number of halogens is 1. The number of nitrogens with two attached hydrogens (primary N) is 1. The molecule has 36 heavy (non-hydrogen) atoms. The average molecular weight is 519 g/mol. The van der Waals surface area contributed by atoms with Gasteiger partial charge in [-0.25, -0.2) is 15.0 Å². The van der Waals surface area contributed by atoms with Crippen molar-refractivity contribution in [2.75, 3.05) is 25.1 Å². The number of methoxy groups -OCH3 is 1. The zero-order valence-electron chi connectivity index (χ0n) is 20.2. The number of aryl methyl sites for hydroxylation is 1. The monoisotopic (exact) mass is 518 g/mol. The van der Waals surface area contributed by atoms with Crippen LogP contribution in [0.1, 0.15) is 35.7 Å². The second-order valence-corrected chi connectivity index (χ2v) is 11.0. The Morgan fingerprint density at radius 3 is 2.75 bits per heavy atom. The van der Waals surface area contributed by atoms with E-state index in [9.17, 15) is 0 Å². The summed E-state index contributed by atoms with van der Waals surface area (Å²) in [4.78, 5) is 21.7. The molecule has 4 heterocycles. The van der Waals surface area contributed by atoms with Gasteiger partial charge in [-0.05, 0) is 73.1 Å². The van der Waals surface area contributed by atoms with Gasteiger partial charge in [0.2, 0.25) is 0 Å². The van der Waals surface area contributed by atoms with E-state index in [1.165, 1.54) is 22.9 Å². The van der Waals surface area contributed by atoms with Crippen LogP contribution in [0.4, 0.5) is 5.82 Å². The predicted octanol–water partition coefficient (Wildman–Crippen LogP) is 5.38. The van der Waals surface area contributed by atoms with Crippen LogP contribution in [-0.4, -0.2) is 40.1 Å². The van der Waals surface area contributed by atoms with Gasteiger partial charge in [0, 0.05) is 30.2 Å². The summed E-state index contributed by atoms with van der Waals surface area (Å²) in [7, 11) is 1.71. The number of hydrogen-bond donors (Lipinski definition) is 1. The molecule has 1 aromatic carbocycles. The number of anilines is 1. The first kappa shape index (κ1) is 23.5. The van der Waals surface area contributed by atoms with Crippen molar-refractivity contribution < 1.29 is 4.74 Å². The third-order valence-corrected chi connectivity index (χ3v) is 9.17. The van der Waals surface area contributed by atoms with Crippen LogP contribution in [0, 0.1) is 12.3 Å². The quantitative estimate of drug-likeness (QED) is 0.385. The highest BCUT2D eigenvalue weighted by Gasteiger charge is 2.46. The maximum Gasteiger partial charge on any atom is 0.179 e. The molecule has 9 heteroatoms. The van der Waals surface area contributed by atoms with Crippen LogP contribution >= 0.6 is 23.4 Å². The maximum absolute atomic E-state index is 6.78. The van der Waals surface area contributed by atoms with Crippen molar-refractivity contribution in [3.63, 3.8) is 0 Å². The molecule has 6 rings (SSSR count). The SMILES string of the molecule is COc1ccc2c(c1)CC1(CCN(c3cnc4nc(Sc5ccnc(C)c5Cl)ccc4n3)CC1)[C@@H]2N. The fraction of sp³-hybridized carbons (Fsp3) is 0.333. The smallest absolute Gasteiger partial charge is 0.179 e. The van der Waals surface area contributed by atoms with Crippen LogP contribution in [0.5, 0.6) is 5.75 Å². The number of piperidine rings is 1. The minimum Gasteiger partial charge on any atom is -0.497 e. The minimum absolute atomic E-state index is 0.0565. The highest BCUT2D eigenvalue weighted by Crippen LogP contribution is 2.51. The molecule has 7 nitrogen and oxygen atoms in total. The summed E-state index contributed by atoms with van der Waals surface area (Å²) in [5.41, 5.74) is 11.7. The van der Waals surface area contributed by atoms with Crippen molar-refractivity contribution in [1.29, 1.82) is 0 Å². The van der Waals surface area contributed by atoms with Crippen molar-refractivity contribution in [3.8, 4) is 5.75 Å². The molecule has 0 bridgehead atoms. The van der Waals surface area contributed by atoms with Gasteiger partial charge in [0.1, 0.15) is 22.1 Å². The van der Waals surface area contributed by atoms with Gasteiger partial charge in [-0.15, -0.1) is 0 Å². The Kier molecular flexibility index (Phi) is 5.98. The first-order valence-electron chi connectivity index (χ1n) is 12.1. The molecule has 1 spiro atoms. The Morgan fingerprint density at radius 1 is 1.11 bits per heavy atom. The summed E-state index contributed by atoms with van der Waals surface area (Å²) in [6.07, 6.45) is 6.63. The van der Waals surface area contributed by atoms with Gasteiger partial charge in [0.15, 0.2) is 5.65 Å². The van der Waals surface area contributed by atoms with Crippen molar-refractivity contribution in [2.24, 2.45) is 11.1 Å². The van der Waals surface area contributed by atoms with E-state index in [0.717, 1.165) is 65.1 Å². The predicted molar refractivity (Wildman–Crippen MR) is 143 cm³/mol. The summed E-state index contributed by atoms with van der Waals surface area (Å²) in [6, 6.07) is 12.2. The van der Waals surface area contributed by atoms with E-state index >= 15 is 0 Å². The standard InChI is InChI=1S/C27H27ClN6OS/c1-16-24(28)21(7-10-30-16)36-23-6-5-20-26(33-23)31-15-22(32-20)34-11-8-27(9-12-34)14-17-13-18(35-2)3-4-19(17)25(27)29/h3-7,10,13,15,25H,8-9,11-12,14,29H2,1-2H3/t25-/m1/s1. The Labute approximate surface area is 219 Å². The summed E-state index contributed by atoms with van der Waals surface area (Å²) < 4.78 is 5.43. The lowest BCUT2D eigenvalue weighted by Gasteiger charge is -2.42. The molecule has 1 fully saturated rings. The largest absolute Gasteiger partial charge is 0.497 e. The first-order valence-corrected chi connectivity index (χ1v) is 13.3. The second-order valence-electron chi connectivity index (χ2n) is 9.60. The molecule has 0 radical (unpaired) electrons. The number of aromatic nitrogens is 4. The molecule has 1 aliphatic carbocycles. The average Bonchev–Trinajstić information content (AvgIpc) is 3.17.